The predicted molar refractivity (Wildman–Crippen MR) is 146 cm³/mol. The maximum atomic E-state index is 2.49. The summed E-state index contributed by atoms with van der Waals surface area (Å²) in [6.45, 7) is 7.09. The topological polar surface area (TPSA) is 0 Å². The van der Waals surface area contributed by atoms with E-state index in [-0.39, 0.29) is 0 Å². The third-order valence-corrected chi connectivity index (χ3v) is 10.7. The van der Waals surface area contributed by atoms with Crippen molar-refractivity contribution in [2.24, 2.45) is 5.92 Å². The largest absolute Gasteiger partial charge is 0.0685 e. The Balaban J connectivity index is 1.43. The lowest BCUT2D eigenvalue weighted by Gasteiger charge is -2.24. The summed E-state index contributed by atoms with van der Waals surface area (Å²) < 4.78 is 0. The van der Waals surface area contributed by atoms with Crippen molar-refractivity contribution in [1.29, 1.82) is 0 Å². The number of allylic oxidation sites excluding steroid dienone is 2. The van der Waals surface area contributed by atoms with E-state index in [0.717, 1.165) is 0 Å². The van der Waals surface area contributed by atoms with Gasteiger partial charge in [0.05, 0.1) is 0 Å². The molecule has 6 rings (SSSR count). The van der Waals surface area contributed by atoms with Gasteiger partial charge < -0.3 is 0 Å². The Hall–Kier alpha value is -3.16. The summed E-state index contributed by atoms with van der Waals surface area (Å²) >= 11 is 0. The SMILES string of the molecule is CC1=Cc2c(-c3cccc4ccccc34)cccc2C1[SiH2]C1C(C(C)C)=Cc2ccccc21. The van der Waals surface area contributed by atoms with E-state index >= 15 is 0 Å². The first kappa shape index (κ1) is 20.4. The fourth-order valence-electron chi connectivity index (χ4n) is 6.12. The molecular weight excluding hydrogens is 412 g/mol. The van der Waals surface area contributed by atoms with Crippen molar-refractivity contribution in [1.82, 2.24) is 0 Å². The number of fused-ring (bicyclic) bond motifs is 3. The van der Waals surface area contributed by atoms with Gasteiger partial charge in [0.2, 0.25) is 0 Å². The Morgan fingerprint density at radius 1 is 0.667 bits per heavy atom. The summed E-state index contributed by atoms with van der Waals surface area (Å²) in [7, 11) is -0.464. The van der Waals surface area contributed by atoms with Crippen LogP contribution in [0.2, 0.25) is 0 Å². The summed E-state index contributed by atoms with van der Waals surface area (Å²) in [5.41, 5.74) is 13.2. The van der Waals surface area contributed by atoms with Crippen molar-refractivity contribution < 1.29 is 0 Å². The third-order valence-electron chi connectivity index (χ3n) is 7.75. The second-order valence-corrected chi connectivity index (χ2v) is 12.1. The molecule has 0 bridgehead atoms. The van der Waals surface area contributed by atoms with Crippen LogP contribution in [0.15, 0.2) is 96.1 Å². The first-order valence-corrected chi connectivity index (χ1v) is 13.8. The van der Waals surface area contributed by atoms with Gasteiger partial charge in [-0.1, -0.05) is 122 Å². The number of hydrogen-bond acceptors (Lipinski definition) is 0. The highest BCUT2D eigenvalue weighted by atomic mass is 28.2. The van der Waals surface area contributed by atoms with Crippen molar-refractivity contribution in [3.63, 3.8) is 0 Å². The van der Waals surface area contributed by atoms with Gasteiger partial charge in [0.15, 0.2) is 0 Å². The van der Waals surface area contributed by atoms with Crippen molar-refractivity contribution in [3.05, 3.63) is 118 Å². The van der Waals surface area contributed by atoms with E-state index in [0.29, 0.717) is 17.0 Å². The fourth-order valence-corrected chi connectivity index (χ4v) is 9.17. The van der Waals surface area contributed by atoms with Gasteiger partial charge in [-0.05, 0) is 68.1 Å². The normalized spacial score (nSPS) is 19.3. The van der Waals surface area contributed by atoms with Crippen molar-refractivity contribution in [2.45, 2.75) is 31.9 Å². The average Bonchev–Trinajstić information content (AvgIpc) is 3.37. The number of hydrogen-bond donors (Lipinski definition) is 0. The Bertz CT molecular complexity index is 1430. The van der Waals surface area contributed by atoms with Crippen LogP contribution in [0.5, 0.6) is 0 Å². The highest BCUT2D eigenvalue weighted by molar-refractivity contribution is 6.44. The second kappa shape index (κ2) is 8.00. The van der Waals surface area contributed by atoms with Gasteiger partial charge in [-0.3, -0.25) is 0 Å². The molecule has 162 valence electrons. The minimum absolute atomic E-state index is 0.464. The zero-order chi connectivity index (χ0) is 22.5. The quantitative estimate of drug-likeness (QED) is 0.281. The molecule has 0 nitrogen and oxygen atoms in total. The van der Waals surface area contributed by atoms with Crippen molar-refractivity contribution in [2.75, 3.05) is 0 Å². The van der Waals surface area contributed by atoms with E-state index in [9.17, 15) is 0 Å². The van der Waals surface area contributed by atoms with Gasteiger partial charge in [0, 0.05) is 9.52 Å². The molecule has 0 aliphatic heterocycles. The molecule has 0 spiro atoms. The molecule has 2 aliphatic carbocycles. The van der Waals surface area contributed by atoms with Crippen LogP contribution in [0.1, 0.15) is 54.1 Å². The summed E-state index contributed by atoms with van der Waals surface area (Å²) in [5.74, 6) is 0.599. The lowest BCUT2D eigenvalue weighted by Crippen LogP contribution is -2.19. The lowest BCUT2D eigenvalue weighted by molar-refractivity contribution is 0.740. The second-order valence-electron chi connectivity index (χ2n) is 9.99. The molecule has 4 aromatic rings. The van der Waals surface area contributed by atoms with Crippen LogP contribution in [-0.4, -0.2) is 9.52 Å². The molecule has 0 aromatic heterocycles. The molecule has 1 heteroatoms. The summed E-state index contributed by atoms with van der Waals surface area (Å²) in [6.07, 6.45) is 4.98. The maximum Gasteiger partial charge on any atom is 0.0475 e. The summed E-state index contributed by atoms with van der Waals surface area (Å²) in [4.78, 5) is 0. The first-order chi connectivity index (χ1) is 16.1. The Morgan fingerprint density at radius 2 is 1.36 bits per heavy atom. The van der Waals surface area contributed by atoms with Gasteiger partial charge >= 0.3 is 0 Å². The van der Waals surface area contributed by atoms with Crippen LogP contribution >= 0.6 is 0 Å². The third kappa shape index (κ3) is 3.34. The van der Waals surface area contributed by atoms with E-state index in [4.69, 9.17) is 0 Å². The zero-order valence-corrected chi connectivity index (χ0v) is 21.1. The Morgan fingerprint density at radius 3 is 2.24 bits per heavy atom. The zero-order valence-electron chi connectivity index (χ0n) is 19.7. The fraction of sp³-hybridized carbons (Fsp3) is 0.188. The summed E-state index contributed by atoms with van der Waals surface area (Å²) in [5, 5.41) is 2.65. The van der Waals surface area contributed by atoms with E-state index < -0.39 is 9.52 Å². The molecule has 0 saturated carbocycles. The molecule has 2 aliphatic rings. The molecular formula is C32H30Si. The van der Waals surface area contributed by atoms with Gasteiger partial charge in [0.1, 0.15) is 0 Å². The van der Waals surface area contributed by atoms with Crippen LogP contribution in [-0.2, 0) is 0 Å². The highest BCUT2D eigenvalue weighted by Gasteiger charge is 2.33. The van der Waals surface area contributed by atoms with Gasteiger partial charge in [-0.25, -0.2) is 0 Å². The average molecular weight is 443 g/mol. The first-order valence-electron chi connectivity index (χ1n) is 12.2. The van der Waals surface area contributed by atoms with Crippen molar-refractivity contribution >= 4 is 32.4 Å². The van der Waals surface area contributed by atoms with E-state index in [1.165, 1.54) is 33.0 Å². The molecule has 0 fully saturated rings. The molecule has 0 saturated heterocycles. The molecule has 0 radical (unpaired) electrons. The molecule has 33 heavy (non-hydrogen) atoms. The van der Waals surface area contributed by atoms with E-state index in [2.05, 4.69) is 118 Å². The molecule has 2 atom stereocenters. The van der Waals surface area contributed by atoms with Crippen LogP contribution < -0.4 is 0 Å². The summed E-state index contributed by atoms with van der Waals surface area (Å²) in [6, 6.07) is 31.6. The van der Waals surface area contributed by atoms with Gasteiger partial charge in [0.25, 0.3) is 0 Å². The standard InChI is InChI=1S/C32H30Si/c1-20(2)29-19-23-11-5-7-14-25(23)32(29)33-31-21(3)18-30-27(16-9-17-28(30)31)26-15-8-12-22-10-4-6-13-24(22)26/h4-20,31-32H,33H2,1-3H3. The number of benzene rings is 4. The van der Waals surface area contributed by atoms with Crippen LogP contribution in [0, 0.1) is 5.92 Å². The minimum Gasteiger partial charge on any atom is -0.0685 e. The monoisotopic (exact) mass is 442 g/mol. The smallest absolute Gasteiger partial charge is 0.0475 e. The predicted octanol–water partition coefficient (Wildman–Crippen LogP) is 7.93. The van der Waals surface area contributed by atoms with Crippen LogP contribution in [0.25, 0.3) is 34.1 Å². The molecule has 0 heterocycles. The Labute approximate surface area is 199 Å². The molecule has 2 unspecified atom stereocenters. The highest BCUT2D eigenvalue weighted by Crippen LogP contribution is 2.47. The van der Waals surface area contributed by atoms with Crippen LogP contribution in [0.4, 0.5) is 0 Å². The molecule has 0 amide bonds. The van der Waals surface area contributed by atoms with Gasteiger partial charge in [-0.2, -0.15) is 0 Å². The lowest BCUT2D eigenvalue weighted by atomic mass is 9.93. The van der Waals surface area contributed by atoms with Gasteiger partial charge in [-0.15, -0.1) is 0 Å². The maximum absolute atomic E-state index is 2.49. The number of rotatable bonds is 4. The minimum atomic E-state index is -0.464. The molecule has 4 aromatic carbocycles. The van der Waals surface area contributed by atoms with Crippen LogP contribution in [0.3, 0.4) is 0 Å². The van der Waals surface area contributed by atoms with Crippen molar-refractivity contribution in [3.8, 4) is 11.1 Å². The van der Waals surface area contributed by atoms with E-state index in [1.807, 2.05) is 0 Å². The Kier molecular flexibility index (Phi) is 4.96. The molecule has 0 N–H and O–H groups in total. The van der Waals surface area contributed by atoms with E-state index in [1.54, 1.807) is 22.3 Å².